The first-order valence-electron chi connectivity index (χ1n) is 19.3. The lowest BCUT2D eigenvalue weighted by atomic mass is 9.92. The van der Waals surface area contributed by atoms with Crippen LogP contribution >= 0.6 is 0 Å². The second-order valence-electron chi connectivity index (χ2n) is 14.5. The van der Waals surface area contributed by atoms with Crippen molar-refractivity contribution >= 4 is 43.5 Å². The number of fused-ring (bicyclic) bond motifs is 6. The molecule has 0 fully saturated rings. The van der Waals surface area contributed by atoms with E-state index in [2.05, 4.69) is 187 Å². The third-order valence-electron chi connectivity index (χ3n) is 11.0. The highest BCUT2D eigenvalue weighted by atomic mass is 15.3. The Kier molecular flexibility index (Phi) is 7.78. The largest absolute Gasteiger partial charge is 0.245 e. The minimum Gasteiger partial charge on any atom is -0.245 e. The number of aromatic nitrogens is 4. The topological polar surface area (TPSA) is 43.6 Å². The third kappa shape index (κ3) is 5.74. The van der Waals surface area contributed by atoms with Gasteiger partial charge in [0.2, 0.25) is 0 Å². The van der Waals surface area contributed by atoms with E-state index in [-0.39, 0.29) is 0 Å². The van der Waals surface area contributed by atoms with Crippen molar-refractivity contribution in [2.24, 2.45) is 0 Å². The van der Waals surface area contributed by atoms with Gasteiger partial charge in [0.05, 0.1) is 33.6 Å². The molecule has 0 aliphatic heterocycles. The van der Waals surface area contributed by atoms with Crippen molar-refractivity contribution in [2.75, 3.05) is 0 Å². The second kappa shape index (κ2) is 13.6. The zero-order chi connectivity index (χ0) is 37.7. The van der Waals surface area contributed by atoms with E-state index >= 15 is 0 Å². The fourth-order valence-electron chi connectivity index (χ4n) is 8.19. The van der Waals surface area contributed by atoms with E-state index in [4.69, 9.17) is 15.1 Å². The summed E-state index contributed by atoms with van der Waals surface area (Å²) in [7, 11) is 0. The Hall–Kier alpha value is -7.69. The van der Waals surface area contributed by atoms with Gasteiger partial charge in [0.1, 0.15) is 5.69 Å². The Morgan fingerprint density at radius 2 is 0.860 bits per heavy atom. The maximum atomic E-state index is 5.36. The summed E-state index contributed by atoms with van der Waals surface area (Å²) in [5.41, 5.74) is 14.5. The van der Waals surface area contributed by atoms with E-state index in [1.54, 1.807) is 0 Å². The fourth-order valence-corrected chi connectivity index (χ4v) is 8.19. The molecule has 11 aromatic rings. The molecule has 0 atom stereocenters. The van der Waals surface area contributed by atoms with Gasteiger partial charge in [-0.1, -0.05) is 164 Å². The lowest BCUT2D eigenvalue weighted by Crippen LogP contribution is -1.96. The molecule has 3 aromatic heterocycles. The van der Waals surface area contributed by atoms with Crippen molar-refractivity contribution in [1.29, 1.82) is 0 Å². The van der Waals surface area contributed by atoms with Gasteiger partial charge in [0.25, 0.3) is 0 Å². The Labute approximate surface area is 330 Å². The molecule has 266 valence electrons. The number of rotatable bonds is 6. The molecular formula is C53H34N4. The minimum absolute atomic E-state index is 0.903. The van der Waals surface area contributed by atoms with Crippen LogP contribution in [0.1, 0.15) is 0 Å². The second-order valence-corrected chi connectivity index (χ2v) is 14.5. The van der Waals surface area contributed by atoms with Crippen molar-refractivity contribution in [3.63, 3.8) is 0 Å². The van der Waals surface area contributed by atoms with Gasteiger partial charge >= 0.3 is 0 Å². The van der Waals surface area contributed by atoms with Crippen LogP contribution in [0.5, 0.6) is 0 Å². The first-order chi connectivity index (χ1) is 28.2. The number of nitrogens with zero attached hydrogens (tertiary/aromatic N) is 4. The number of pyridine rings is 2. The van der Waals surface area contributed by atoms with Gasteiger partial charge in [-0.05, 0) is 70.1 Å². The summed E-state index contributed by atoms with van der Waals surface area (Å²) < 4.78 is 2.12. The quantitative estimate of drug-likeness (QED) is 0.160. The summed E-state index contributed by atoms with van der Waals surface area (Å²) in [5.74, 6) is 0. The van der Waals surface area contributed by atoms with E-state index < -0.39 is 0 Å². The van der Waals surface area contributed by atoms with Gasteiger partial charge in [0.15, 0.2) is 0 Å². The van der Waals surface area contributed by atoms with Gasteiger partial charge in [-0.3, -0.25) is 0 Å². The first kappa shape index (κ1) is 32.7. The minimum atomic E-state index is 0.903. The highest BCUT2D eigenvalue weighted by Gasteiger charge is 2.21. The van der Waals surface area contributed by atoms with Crippen molar-refractivity contribution in [1.82, 2.24) is 19.7 Å². The van der Waals surface area contributed by atoms with Crippen LogP contribution in [0.15, 0.2) is 206 Å². The molecule has 11 rings (SSSR count). The lowest BCUT2D eigenvalue weighted by molar-refractivity contribution is 0.918. The Balaban J connectivity index is 1.06. The molecular weight excluding hydrogens is 693 g/mol. The van der Waals surface area contributed by atoms with Crippen LogP contribution < -0.4 is 0 Å². The predicted octanol–water partition coefficient (Wildman–Crippen LogP) is 13.6. The van der Waals surface area contributed by atoms with Crippen LogP contribution in [-0.2, 0) is 0 Å². The molecule has 8 aromatic carbocycles. The average molecular weight is 727 g/mol. The van der Waals surface area contributed by atoms with Crippen LogP contribution in [-0.4, -0.2) is 19.7 Å². The van der Waals surface area contributed by atoms with Gasteiger partial charge in [-0.25, -0.2) is 14.6 Å². The van der Waals surface area contributed by atoms with Crippen LogP contribution in [0.4, 0.5) is 0 Å². The normalized spacial score (nSPS) is 11.5. The molecule has 0 saturated heterocycles. The predicted molar refractivity (Wildman–Crippen MR) is 236 cm³/mol. The summed E-state index contributed by atoms with van der Waals surface area (Å²) in [4.78, 5) is 10.4. The van der Waals surface area contributed by atoms with Crippen molar-refractivity contribution in [3.8, 4) is 61.7 Å². The van der Waals surface area contributed by atoms with Crippen LogP contribution in [0.2, 0.25) is 0 Å². The summed E-state index contributed by atoms with van der Waals surface area (Å²) >= 11 is 0. The highest BCUT2D eigenvalue weighted by molar-refractivity contribution is 6.17. The summed E-state index contributed by atoms with van der Waals surface area (Å²) in [6, 6.07) is 72.7. The average Bonchev–Trinajstić information content (AvgIpc) is 3.71. The van der Waals surface area contributed by atoms with Crippen molar-refractivity contribution in [3.05, 3.63) is 206 Å². The van der Waals surface area contributed by atoms with Gasteiger partial charge in [0, 0.05) is 38.2 Å². The molecule has 0 unspecified atom stereocenters. The monoisotopic (exact) mass is 726 g/mol. The van der Waals surface area contributed by atoms with E-state index in [1.807, 2.05) is 24.3 Å². The first-order valence-corrected chi connectivity index (χ1v) is 19.3. The molecule has 4 heteroatoms. The number of benzene rings is 8. The molecule has 0 amide bonds. The number of para-hydroxylation sites is 1. The van der Waals surface area contributed by atoms with Crippen LogP contribution in [0.25, 0.3) is 105 Å². The van der Waals surface area contributed by atoms with Crippen molar-refractivity contribution in [2.45, 2.75) is 0 Å². The standard InChI is InChI=1S/C53H34N4/c1-4-14-35(15-5-1)47-30-28-37-26-27-38-29-31-48(55-52(38)51(37)54-47)43-22-13-20-40(33-43)39-19-12-21-41(32-39)46-34-42-18-10-11-25-45(42)53-49(46)50(36-16-6-2-7-17-36)56-57(53)44-23-8-3-9-24-44/h1-34H. The molecule has 0 bridgehead atoms. The molecule has 0 spiro atoms. The Morgan fingerprint density at radius 3 is 1.54 bits per heavy atom. The summed E-state index contributed by atoms with van der Waals surface area (Å²) in [6.45, 7) is 0. The van der Waals surface area contributed by atoms with E-state index in [0.29, 0.717) is 0 Å². The molecule has 4 nitrogen and oxygen atoms in total. The zero-order valence-electron chi connectivity index (χ0n) is 30.9. The highest BCUT2D eigenvalue weighted by Crippen LogP contribution is 2.42. The van der Waals surface area contributed by atoms with Gasteiger partial charge in [-0.2, -0.15) is 5.10 Å². The van der Waals surface area contributed by atoms with Crippen LogP contribution in [0, 0.1) is 0 Å². The number of hydrogen-bond donors (Lipinski definition) is 0. The lowest BCUT2D eigenvalue weighted by Gasteiger charge is -2.13. The van der Waals surface area contributed by atoms with Gasteiger partial charge in [-0.15, -0.1) is 0 Å². The molecule has 0 saturated carbocycles. The molecule has 0 aliphatic rings. The van der Waals surface area contributed by atoms with Crippen LogP contribution in [0.3, 0.4) is 0 Å². The smallest absolute Gasteiger partial charge is 0.101 e. The third-order valence-corrected chi connectivity index (χ3v) is 11.0. The van der Waals surface area contributed by atoms with Crippen molar-refractivity contribution < 1.29 is 0 Å². The summed E-state index contributed by atoms with van der Waals surface area (Å²) in [6.07, 6.45) is 0. The molecule has 0 radical (unpaired) electrons. The maximum absolute atomic E-state index is 5.36. The van der Waals surface area contributed by atoms with E-state index in [9.17, 15) is 0 Å². The molecule has 3 heterocycles. The molecule has 57 heavy (non-hydrogen) atoms. The van der Waals surface area contributed by atoms with Gasteiger partial charge < -0.3 is 0 Å². The Bertz CT molecular complexity index is 3280. The summed E-state index contributed by atoms with van der Waals surface area (Å²) in [5, 5.41) is 11.0. The molecule has 0 N–H and O–H groups in total. The fraction of sp³-hybridized carbons (Fsp3) is 0. The zero-order valence-corrected chi connectivity index (χ0v) is 30.9. The van der Waals surface area contributed by atoms with E-state index in [1.165, 1.54) is 10.8 Å². The Morgan fingerprint density at radius 1 is 0.351 bits per heavy atom. The maximum Gasteiger partial charge on any atom is 0.101 e. The number of hydrogen-bond acceptors (Lipinski definition) is 3. The van der Waals surface area contributed by atoms with E-state index in [0.717, 1.165) is 94.4 Å². The molecule has 0 aliphatic carbocycles. The SMILES string of the molecule is c1ccc(-c2ccc3ccc4ccc(-c5cccc(-c6cccc(-c7cc8ccccc8c8c7c(-c7ccccc7)nn8-c7ccccc7)c6)c5)nc4c3n2)cc1.